The fourth-order valence-corrected chi connectivity index (χ4v) is 2.05. The first-order chi connectivity index (χ1) is 8.86. The van der Waals surface area contributed by atoms with E-state index in [0.29, 0.717) is 21.8 Å². The monoisotopic (exact) mass is 240 g/mol. The van der Waals surface area contributed by atoms with Crippen LogP contribution in [0.25, 0.3) is 21.8 Å². The highest BCUT2D eigenvalue weighted by Crippen LogP contribution is 2.39. The molecule has 6 heteroatoms. The largest absolute Gasteiger partial charge is 0.291 e. The minimum absolute atomic E-state index is 0.126. The second-order valence-corrected chi connectivity index (χ2v) is 3.73. The van der Waals surface area contributed by atoms with Crippen LogP contribution in [-0.2, 0) is 0 Å². The average molecular weight is 240 g/mol. The van der Waals surface area contributed by atoms with Crippen LogP contribution in [0.15, 0.2) is 41.8 Å². The molecule has 0 spiro atoms. The van der Waals surface area contributed by atoms with E-state index in [2.05, 4.69) is 15.1 Å². The highest BCUT2D eigenvalue weighted by atomic mass is 16.5. The van der Waals surface area contributed by atoms with E-state index in [1.807, 2.05) is 5.48 Å². The van der Waals surface area contributed by atoms with E-state index < -0.39 is 0 Å². The maximum Gasteiger partial charge on any atom is 0.143 e. The molecular weight excluding hydrogens is 232 g/mol. The van der Waals surface area contributed by atoms with Gasteiger partial charge in [0.1, 0.15) is 5.69 Å². The smallest absolute Gasteiger partial charge is 0.143 e. The molecule has 0 saturated carbocycles. The SMILES string of the molecule is O=Nc1c(NO)c2cccnc2c2ncccc12. The molecule has 0 atom stereocenters. The van der Waals surface area contributed by atoms with Crippen LogP contribution in [-0.4, -0.2) is 15.2 Å². The Labute approximate surface area is 101 Å². The van der Waals surface area contributed by atoms with Gasteiger partial charge in [0.25, 0.3) is 0 Å². The van der Waals surface area contributed by atoms with Crippen molar-refractivity contribution in [2.75, 3.05) is 5.48 Å². The van der Waals surface area contributed by atoms with Gasteiger partial charge in [-0.1, -0.05) is 0 Å². The van der Waals surface area contributed by atoms with Crippen molar-refractivity contribution in [2.24, 2.45) is 5.18 Å². The molecule has 0 aliphatic carbocycles. The van der Waals surface area contributed by atoms with Gasteiger partial charge < -0.3 is 0 Å². The van der Waals surface area contributed by atoms with Crippen LogP contribution in [0.1, 0.15) is 0 Å². The second-order valence-electron chi connectivity index (χ2n) is 3.73. The fourth-order valence-electron chi connectivity index (χ4n) is 2.05. The van der Waals surface area contributed by atoms with E-state index in [4.69, 9.17) is 0 Å². The molecule has 1 aromatic carbocycles. The predicted octanol–water partition coefficient (Wildman–Crippen LogP) is 2.98. The molecule has 0 bridgehead atoms. The maximum absolute atomic E-state index is 11.0. The summed E-state index contributed by atoms with van der Waals surface area (Å²) in [5.74, 6) is 0. The fraction of sp³-hybridized carbons (Fsp3) is 0. The Balaban J connectivity index is 2.65. The number of nitrogens with zero attached hydrogens (tertiary/aromatic N) is 3. The zero-order chi connectivity index (χ0) is 12.5. The quantitative estimate of drug-likeness (QED) is 0.408. The van der Waals surface area contributed by atoms with Gasteiger partial charge in [0.05, 0.1) is 16.7 Å². The van der Waals surface area contributed by atoms with Crippen LogP contribution < -0.4 is 5.48 Å². The van der Waals surface area contributed by atoms with Crippen LogP contribution in [0, 0.1) is 4.91 Å². The van der Waals surface area contributed by atoms with E-state index in [0.717, 1.165) is 0 Å². The summed E-state index contributed by atoms with van der Waals surface area (Å²) in [6.45, 7) is 0. The Morgan fingerprint density at radius 2 is 1.67 bits per heavy atom. The van der Waals surface area contributed by atoms with Crippen molar-refractivity contribution >= 4 is 33.2 Å². The minimum Gasteiger partial charge on any atom is -0.291 e. The van der Waals surface area contributed by atoms with Crippen LogP contribution >= 0.6 is 0 Å². The first-order valence-electron chi connectivity index (χ1n) is 5.25. The summed E-state index contributed by atoms with van der Waals surface area (Å²) in [5.41, 5.74) is 3.58. The average Bonchev–Trinajstić information content (AvgIpc) is 2.45. The van der Waals surface area contributed by atoms with Gasteiger partial charge in [-0.2, -0.15) is 0 Å². The summed E-state index contributed by atoms with van der Waals surface area (Å²) in [4.78, 5) is 19.5. The summed E-state index contributed by atoms with van der Waals surface area (Å²) < 4.78 is 0. The molecule has 2 N–H and O–H groups in total. The van der Waals surface area contributed by atoms with Crippen molar-refractivity contribution in [3.8, 4) is 0 Å². The molecule has 0 saturated heterocycles. The van der Waals surface area contributed by atoms with Crippen molar-refractivity contribution in [1.82, 2.24) is 9.97 Å². The zero-order valence-electron chi connectivity index (χ0n) is 9.16. The topological polar surface area (TPSA) is 87.5 Å². The predicted molar refractivity (Wildman–Crippen MR) is 67.9 cm³/mol. The number of fused-ring (bicyclic) bond motifs is 3. The van der Waals surface area contributed by atoms with Gasteiger partial charge in [0, 0.05) is 23.2 Å². The number of nitrogens with one attached hydrogen (secondary N) is 1. The van der Waals surface area contributed by atoms with E-state index >= 15 is 0 Å². The third-order valence-electron chi connectivity index (χ3n) is 2.80. The summed E-state index contributed by atoms with van der Waals surface area (Å²) in [6, 6.07) is 6.87. The molecule has 2 aromatic heterocycles. The maximum atomic E-state index is 11.0. The number of hydrogen-bond acceptors (Lipinski definition) is 6. The van der Waals surface area contributed by atoms with Gasteiger partial charge in [-0.25, -0.2) is 0 Å². The molecule has 0 amide bonds. The van der Waals surface area contributed by atoms with E-state index in [1.165, 1.54) is 0 Å². The first-order valence-corrected chi connectivity index (χ1v) is 5.25. The standard InChI is InChI=1S/C12H8N4O2/c17-15-11-7-3-1-5-13-9(7)10-8(12(11)16-18)4-2-6-14-10/h1-6,15,17H. The normalized spacial score (nSPS) is 10.7. The van der Waals surface area contributed by atoms with Gasteiger partial charge in [0.15, 0.2) is 0 Å². The van der Waals surface area contributed by atoms with Gasteiger partial charge in [-0.05, 0) is 29.4 Å². The lowest BCUT2D eigenvalue weighted by molar-refractivity contribution is 0.390. The third kappa shape index (κ3) is 1.33. The number of aromatic nitrogens is 2. The summed E-state index contributed by atoms with van der Waals surface area (Å²) in [7, 11) is 0. The Hall–Kier alpha value is -2.60. The Kier molecular flexibility index (Phi) is 2.35. The Bertz CT molecular complexity index is 757. The highest BCUT2D eigenvalue weighted by molar-refractivity contribution is 6.15. The Morgan fingerprint density at radius 1 is 1.06 bits per heavy atom. The summed E-state index contributed by atoms with van der Waals surface area (Å²) in [5, 5.41) is 13.3. The number of pyridine rings is 2. The molecule has 6 nitrogen and oxygen atoms in total. The van der Waals surface area contributed by atoms with Crippen LogP contribution in [0.3, 0.4) is 0 Å². The van der Waals surface area contributed by atoms with E-state index in [9.17, 15) is 10.1 Å². The minimum atomic E-state index is 0.126. The highest BCUT2D eigenvalue weighted by Gasteiger charge is 2.15. The Morgan fingerprint density at radius 3 is 2.28 bits per heavy atom. The number of anilines is 1. The van der Waals surface area contributed by atoms with E-state index in [1.54, 1.807) is 36.7 Å². The lowest BCUT2D eigenvalue weighted by Gasteiger charge is -2.09. The molecule has 18 heavy (non-hydrogen) atoms. The summed E-state index contributed by atoms with van der Waals surface area (Å²) in [6.07, 6.45) is 3.25. The third-order valence-corrected chi connectivity index (χ3v) is 2.80. The van der Waals surface area contributed by atoms with Crippen LogP contribution in [0.5, 0.6) is 0 Å². The van der Waals surface area contributed by atoms with Crippen molar-refractivity contribution in [3.63, 3.8) is 0 Å². The van der Waals surface area contributed by atoms with Gasteiger partial charge >= 0.3 is 0 Å². The van der Waals surface area contributed by atoms with Gasteiger partial charge in [-0.15, -0.1) is 4.91 Å². The molecule has 0 fully saturated rings. The van der Waals surface area contributed by atoms with Crippen molar-refractivity contribution in [3.05, 3.63) is 41.6 Å². The zero-order valence-corrected chi connectivity index (χ0v) is 9.16. The molecule has 88 valence electrons. The number of nitroso groups, excluding NO2 is 1. The van der Waals surface area contributed by atoms with Gasteiger partial charge in [-0.3, -0.25) is 20.7 Å². The first kappa shape index (κ1) is 10.5. The molecule has 0 aliphatic rings. The van der Waals surface area contributed by atoms with E-state index in [-0.39, 0.29) is 11.4 Å². The lowest BCUT2D eigenvalue weighted by atomic mass is 10.1. The number of hydrogen-bond donors (Lipinski definition) is 2. The molecule has 0 unspecified atom stereocenters. The number of benzene rings is 1. The molecule has 3 rings (SSSR count). The summed E-state index contributed by atoms with van der Waals surface area (Å²) >= 11 is 0. The second kappa shape index (κ2) is 4.01. The molecule has 3 aromatic rings. The van der Waals surface area contributed by atoms with Crippen LogP contribution in [0.4, 0.5) is 11.4 Å². The van der Waals surface area contributed by atoms with Gasteiger partial charge in [0.2, 0.25) is 0 Å². The molecule has 2 heterocycles. The molecule has 0 radical (unpaired) electrons. The lowest BCUT2D eigenvalue weighted by Crippen LogP contribution is -1.94. The van der Waals surface area contributed by atoms with Crippen LogP contribution in [0.2, 0.25) is 0 Å². The van der Waals surface area contributed by atoms with Crippen molar-refractivity contribution in [2.45, 2.75) is 0 Å². The van der Waals surface area contributed by atoms with Crippen molar-refractivity contribution < 1.29 is 5.21 Å². The van der Waals surface area contributed by atoms with Crippen molar-refractivity contribution in [1.29, 1.82) is 0 Å². The molecule has 0 aliphatic heterocycles. The molecular formula is C12H8N4O2. The number of rotatable bonds is 2.